The molecule has 7 aromatic rings. The third-order valence-corrected chi connectivity index (χ3v) is 7.38. The smallest absolute Gasteiger partial charge is 0.228 e. The summed E-state index contributed by atoms with van der Waals surface area (Å²) in [6.45, 7) is 0. The molecular weight excluding hydrogens is 546 g/mol. The summed E-state index contributed by atoms with van der Waals surface area (Å²) < 4.78 is 7.28. The lowest BCUT2D eigenvalue weighted by Crippen LogP contribution is -2.13. The Labute approximate surface area is 244 Å². The lowest BCUT2D eigenvalue weighted by atomic mass is 10.0. The molecule has 0 aliphatic carbocycles. The van der Waals surface area contributed by atoms with Gasteiger partial charge < -0.3 is 15.1 Å². The summed E-state index contributed by atoms with van der Waals surface area (Å²) >= 11 is 1.58. The van der Waals surface area contributed by atoms with Crippen LogP contribution in [-0.4, -0.2) is 30.5 Å². The van der Waals surface area contributed by atoms with E-state index in [0.29, 0.717) is 29.5 Å². The molecule has 0 saturated heterocycles. The predicted octanol–water partition coefficient (Wildman–Crippen LogP) is 7.10. The minimum Gasteiger partial charge on any atom is -0.444 e. The van der Waals surface area contributed by atoms with Crippen LogP contribution in [0.1, 0.15) is 5.56 Å². The van der Waals surface area contributed by atoms with E-state index in [0.717, 1.165) is 39.2 Å². The van der Waals surface area contributed by atoms with Crippen molar-refractivity contribution in [3.05, 3.63) is 120 Å². The van der Waals surface area contributed by atoms with Crippen molar-refractivity contribution in [3.8, 4) is 33.8 Å². The first-order chi connectivity index (χ1) is 20.7. The van der Waals surface area contributed by atoms with Crippen LogP contribution < -0.4 is 10.6 Å². The monoisotopic (exact) mass is 569 g/mol. The molecule has 0 aliphatic rings. The number of carbonyl (C=O) groups is 1. The van der Waals surface area contributed by atoms with Crippen LogP contribution in [0.4, 0.5) is 17.3 Å². The largest absolute Gasteiger partial charge is 0.444 e. The number of fused-ring (bicyclic) bond motifs is 1. The summed E-state index contributed by atoms with van der Waals surface area (Å²) in [7, 11) is 0. The third-order valence-electron chi connectivity index (χ3n) is 6.65. The topological polar surface area (TPSA) is 110 Å². The van der Waals surface area contributed by atoms with E-state index in [1.807, 2.05) is 100 Å². The molecule has 2 aromatic carbocycles. The zero-order valence-electron chi connectivity index (χ0n) is 22.1. The van der Waals surface area contributed by atoms with Gasteiger partial charge in [-0.05, 0) is 64.9 Å². The summed E-state index contributed by atoms with van der Waals surface area (Å²) in [5, 5.41) is 15.2. The second-order valence-electron chi connectivity index (χ2n) is 9.53. The zero-order chi connectivity index (χ0) is 28.3. The van der Waals surface area contributed by atoms with Gasteiger partial charge in [-0.25, -0.2) is 19.5 Å². The lowest BCUT2D eigenvalue weighted by molar-refractivity contribution is -0.115. The highest BCUT2D eigenvalue weighted by molar-refractivity contribution is 7.08. The standard InChI is InChI=1S/C32H23N7O2S/c40-29(15-21-11-14-42-19-21)35-24-7-4-6-23(17-24)31-30(27-9-1-2-13-39(27)38-31)26-10-12-34-32(37-26)36-25-8-3-5-22(16-25)28-18-33-20-41-28/h1-14,16-20H,15H2,(H,35,40)(H,34,36,37). The van der Waals surface area contributed by atoms with E-state index in [1.165, 1.54) is 6.39 Å². The lowest BCUT2D eigenvalue weighted by Gasteiger charge is -2.09. The predicted molar refractivity (Wildman–Crippen MR) is 164 cm³/mol. The molecule has 1 amide bonds. The molecule has 5 aromatic heterocycles. The van der Waals surface area contributed by atoms with Gasteiger partial charge in [0.2, 0.25) is 11.9 Å². The molecule has 0 fully saturated rings. The minimum atomic E-state index is -0.0697. The van der Waals surface area contributed by atoms with Gasteiger partial charge >= 0.3 is 0 Å². The molecule has 0 saturated carbocycles. The normalized spacial score (nSPS) is 11.0. The number of anilines is 3. The van der Waals surface area contributed by atoms with Crippen molar-refractivity contribution in [3.63, 3.8) is 0 Å². The van der Waals surface area contributed by atoms with Gasteiger partial charge in [-0.3, -0.25) is 4.79 Å². The van der Waals surface area contributed by atoms with Crippen LogP contribution in [0.3, 0.4) is 0 Å². The summed E-state index contributed by atoms with van der Waals surface area (Å²) in [6, 6.07) is 25.2. The van der Waals surface area contributed by atoms with E-state index in [2.05, 4.69) is 20.6 Å². The van der Waals surface area contributed by atoms with Crippen molar-refractivity contribution in [1.29, 1.82) is 0 Å². The molecule has 42 heavy (non-hydrogen) atoms. The molecule has 0 radical (unpaired) electrons. The third kappa shape index (κ3) is 5.26. The number of benzene rings is 2. The fraction of sp³-hybridized carbons (Fsp3) is 0.0312. The Hall–Kier alpha value is -5.61. The van der Waals surface area contributed by atoms with Crippen LogP contribution in [-0.2, 0) is 11.2 Å². The highest BCUT2D eigenvalue weighted by atomic mass is 32.1. The van der Waals surface area contributed by atoms with Crippen LogP contribution in [0.25, 0.3) is 39.4 Å². The average molecular weight is 570 g/mol. The fourth-order valence-corrected chi connectivity index (χ4v) is 5.45. The van der Waals surface area contributed by atoms with Gasteiger partial charge in [0, 0.05) is 34.9 Å². The van der Waals surface area contributed by atoms with E-state index in [4.69, 9.17) is 14.5 Å². The Balaban J connectivity index is 1.22. The Morgan fingerprint density at radius 3 is 2.69 bits per heavy atom. The van der Waals surface area contributed by atoms with Crippen LogP contribution in [0, 0.1) is 0 Å². The van der Waals surface area contributed by atoms with E-state index in [1.54, 1.807) is 23.7 Å². The van der Waals surface area contributed by atoms with E-state index in [-0.39, 0.29) is 5.91 Å². The van der Waals surface area contributed by atoms with Gasteiger partial charge in [0.15, 0.2) is 12.2 Å². The molecule has 10 heteroatoms. The maximum absolute atomic E-state index is 12.7. The number of carbonyl (C=O) groups excluding carboxylic acids is 1. The van der Waals surface area contributed by atoms with Gasteiger partial charge in [0.25, 0.3) is 0 Å². The molecule has 2 N–H and O–H groups in total. The summed E-state index contributed by atoms with van der Waals surface area (Å²) in [4.78, 5) is 26.0. The number of rotatable bonds is 8. The van der Waals surface area contributed by atoms with E-state index >= 15 is 0 Å². The van der Waals surface area contributed by atoms with Crippen molar-refractivity contribution in [2.75, 3.05) is 10.6 Å². The number of nitrogens with zero attached hydrogens (tertiary/aromatic N) is 5. The van der Waals surface area contributed by atoms with E-state index < -0.39 is 0 Å². The number of hydrogen-bond donors (Lipinski definition) is 2. The molecule has 0 unspecified atom stereocenters. The second-order valence-corrected chi connectivity index (χ2v) is 10.3. The average Bonchev–Trinajstić information content (AvgIpc) is 3.79. The van der Waals surface area contributed by atoms with Crippen molar-refractivity contribution in [2.24, 2.45) is 0 Å². The first-order valence-electron chi connectivity index (χ1n) is 13.2. The van der Waals surface area contributed by atoms with Crippen molar-refractivity contribution >= 4 is 40.1 Å². The Kier molecular flexibility index (Phi) is 6.71. The first kappa shape index (κ1) is 25.4. The first-order valence-corrected chi connectivity index (χ1v) is 14.1. The summed E-state index contributed by atoms with van der Waals surface area (Å²) in [5.41, 5.74) is 7.47. The highest BCUT2D eigenvalue weighted by Gasteiger charge is 2.19. The number of thiophene rings is 1. The maximum atomic E-state index is 12.7. The van der Waals surface area contributed by atoms with Crippen molar-refractivity contribution in [1.82, 2.24) is 24.6 Å². The minimum absolute atomic E-state index is 0.0697. The molecular formula is C32H23N7O2S. The molecule has 0 atom stereocenters. The quantitative estimate of drug-likeness (QED) is 0.201. The molecule has 204 valence electrons. The number of amides is 1. The van der Waals surface area contributed by atoms with Gasteiger partial charge in [-0.15, -0.1) is 0 Å². The van der Waals surface area contributed by atoms with Gasteiger partial charge in [-0.2, -0.15) is 16.4 Å². The second kappa shape index (κ2) is 11.1. The Bertz CT molecular complexity index is 2000. The Morgan fingerprint density at radius 2 is 1.83 bits per heavy atom. The number of hydrogen-bond acceptors (Lipinski definition) is 8. The number of aromatic nitrogens is 5. The number of pyridine rings is 1. The van der Waals surface area contributed by atoms with Crippen LogP contribution >= 0.6 is 11.3 Å². The molecule has 0 spiro atoms. The molecule has 0 aliphatic heterocycles. The van der Waals surface area contributed by atoms with Crippen molar-refractivity contribution in [2.45, 2.75) is 6.42 Å². The van der Waals surface area contributed by atoms with Crippen LogP contribution in [0.5, 0.6) is 0 Å². The van der Waals surface area contributed by atoms with Crippen molar-refractivity contribution < 1.29 is 9.21 Å². The number of oxazole rings is 1. The highest BCUT2D eigenvalue weighted by Crippen LogP contribution is 2.35. The van der Waals surface area contributed by atoms with Gasteiger partial charge in [0.1, 0.15) is 5.69 Å². The van der Waals surface area contributed by atoms with Gasteiger partial charge in [0.05, 0.1) is 29.4 Å². The number of nitrogens with one attached hydrogen (secondary N) is 2. The van der Waals surface area contributed by atoms with Gasteiger partial charge in [-0.1, -0.05) is 30.3 Å². The van der Waals surface area contributed by atoms with Crippen LogP contribution in [0.2, 0.25) is 0 Å². The fourth-order valence-electron chi connectivity index (χ4n) is 4.78. The molecule has 0 bridgehead atoms. The summed E-state index contributed by atoms with van der Waals surface area (Å²) in [5.74, 6) is 1.05. The molecule has 7 rings (SSSR count). The molecule has 9 nitrogen and oxygen atoms in total. The maximum Gasteiger partial charge on any atom is 0.228 e. The Morgan fingerprint density at radius 1 is 0.952 bits per heavy atom. The van der Waals surface area contributed by atoms with Crippen LogP contribution in [0.15, 0.2) is 119 Å². The molecule has 5 heterocycles. The summed E-state index contributed by atoms with van der Waals surface area (Å²) in [6.07, 6.45) is 7.04. The SMILES string of the molecule is O=C(Cc1ccsc1)Nc1cccc(-c2nn3ccccc3c2-c2ccnc(Nc3cccc(-c4cnco4)c3)n2)c1. The zero-order valence-corrected chi connectivity index (χ0v) is 23.0. The van der Waals surface area contributed by atoms with E-state index in [9.17, 15) is 4.79 Å².